The molecule has 1 aromatic rings. The summed E-state index contributed by atoms with van der Waals surface area (Å²) in [6.07, 6.45) is 1.58. The summed E-state index contributed by atoms with van der Waals surface area (Å²) in [5.74, 6) is -2.20. The first-order valence-electron chi connectivity index (χ1n) is 6.64. The highest BCUT2D eigenvalue weighted by Crippen LogP contribution is 2.19. The molecule has 0 spiro atoms. The Morgan fingerprint density at radius 3 is 2.80 bits per heavy atom. The Bertz CT molecular complexity index is 521. The van der Waals surface area contributed by atoms with Gasteiger partial charge in [-0.25, -0.2) is 8.78 Å². The molecule has 1 amide bonds. The van der Waals surface area contributed by atoms with E-state index in [1.54, 1.807) is 0 Å². The normalized spacial score (nSPS) is 23.6. The number of piperidine rings is 1. The van der Waals surface area contributed by atoms with Crippen LogP contribution in [0.1, 0.15) is 30.1 Å². The quantitative estimate of drug-likeness (QED) is 0.813. The van der Waals surface area contributed by atoms with E-state index in [0.717, 1.165) is 31.5 Å². The molecule has 4 nitrogen and oxygen atoms in total. The Balaban J connectivity index is 2.09. The van der Waals surface area contributed by atoms with E-state index in [1.165, 1.54) is 0 Å². The Morgan fingerprint density at radius 1 is 1.45 bits per heavy atom. The van der Waals surface area contributed by atoms with Gasteiger partial charge in [0.25, 0.3) is 5.91 Å². The second kappa shape index (κ2) is 5.75. The number of amides is 1. The van der Waals surface area contributed by atoms with Gasteiger partial charge in [0, 0.05) is 18.6 Å². The van der Waals surface area contributed by atoms with Crippen molar-refractivity contribution in [2.75, 3.05) is 19.3 Å². The SMILES string of the molecule is CC1CC(NC(=O)c2cc(F)cc(N)c2F)CCN1C. The van der Waals surface area contributed by atoms with E-state index in [0.29, 0.717) is 6.04 Å². The molecule has 2 atom stereocenters. The molecular weight excluding hydrogens is 264 g/mol. The lowest BCUT2D eigenvalue weighted by atomic mass is 9.98. The van der Waals surface area contributed by atoms with E-state index < -0.39 is 17.5 Å². The lowest BCUT2D eigenvalue weighted by Gasteiger charge is -2.35. The zero-order chi connectivity index (χ0) is 14.9. The summed E-state index contributed by atoms with van der Waals surface area (Å²) in [5, 5.41) is 2.75. The minimum absolute atomic E-state index is 0.0300. The third kappa shape index (κ3) is 3.07. The zero-order valence-corrected chi connectivity index (χ0v) is 11.6. The smallest absolute Gasteiger partial charge is 0.254 e. The summed E-state index contributed by atoms with van der Waals surface area (Å²) in [5.41, 5.74) is 4.64. The molecule has 6 heteroatoms. The van der Waals surface area contributed by atoms with Crippen LogP contribution in [0.15, 0.2) is 12.1 Å². The number of nitrogens with one attached hydrogen (secondary N) is 1. The van der Waals surface area contributed by atoms with Crippen LogP contribution in [0.5, 0.6) is 0 Å². The fourth-order valence-electron chi connectivity index (χ4n) is 2.46. The maximum atomic E-state index is 13.8. The van der Waals surface area contributed by atoms with Crippen LogP contribution >= 0.6 is 0 Å². The van der Waals surface area contributed by atoms with Gasteiger partial charge in [0.15, 0.2) is 5.82 Å². The molecule has 1 heterocycles. The van der Waals surface area contributed by atoms with Gasteiger partial charge in [0.1, 0.15) is 5.82 Å². The van der Waals surface area contributed by atoms with Crippen LogP contribution in [-0.4, -0.2) is 36.5 Å². The lowest BCUT2D eigenvalue weighted by molar-refractivity contribution is 0.0892. The monoisotopic (exact) mass is 283 g/mol. The van der Waals surface area contributed by atoms with Gasteiger partial charge in [-0.2, -0.15) is 0 Å². The van der Waals surface area contributed by atoms with Crippen molar-refractivity contribution in [3.05, 3.63) is 29.3 Å². The van der Waals surface area contributed by atoms with Gasteiger partial charge >= 0.3 is 0 Å². The first-order valence-corrected chi connectivity index (χ1v) is 6.64. The average molecular weight is 283 g/mol. The molecular formula is C14H19F2N3O. The number of hydrogen-bond donors (Lipinski definition) is 2. The summed E-state index contributed by atoms with van der Waals surface area (Å²) in [6.45, 7) is 2.93. The number of nitrogens with two attached hydrogens (primary N) is 1. The predicted octanol–water partition coefficient (Wildman–Crippen LogP) is 1.76. The second-order valence-corrected chi connectivity index (χ2v) is 5.38. The molecule has 1 fully saturated rings. The number of anilines is 1. The highest BCUT2D eigenvalue weighted by atomic mass is 19.1. The van der Waals surface area contributed by atoms with Crippen molar-refractivity contribution < 1.29 is 13.6 Å². The summed E-state index contributed by atoms with van der Waals surface area (Å²) >= 11 is 0. The van der Waals surface area contributed by atoms with Crippen molar-refractivity contribution in [2.24, 2.45) is 0 Å². The van der Waals surface area contributed by atoms with Gasteiger partial charge in [-0.1, -0.05) is 0 Å². The number of hydrogen-bond acceptors (Lipinski definition) is 3. The number of nitrogen functional groups attached to an aromatic ring is 1. The Kier molecular flexibility index (Phi) is 4.23. The molecule has 2 rings (SSSR count). The molecule has 0 aromatic heterocycles. The van der Waals surface area contributed by atoms with Gasteiger partial charge in [-0.15, -0.1) is 0 Å². The van der Waals surface area contributed by atoms with Crippen molar-refractivity contribution in [1.82, 2.24) is 10.2 Å². The van der Waals surface area contributed by atoms with Crippen molar-refractivity contribution in [2.45, 2.75) is 31.8 Å². The summed E-state index contributed by atoms with van der Waals surface area (Å²) in [7, 11) is 2.02. The molecule has 1 aromatic carbocycles. The molecule has 1 aliphatic rings. The molecule has 0 radical (unpaired) electrons. The first-order chi connectivity index (χ1) is 9.38. The van der Waals surface area contributed by atoms with Crippen LogP contribution in [-0.2, 0) is 0 Å². The van der Waals surface area contributed by atoms with Crippen LogP contribution < -0.4 is 11.1 Å². The maximum Gasteiger partial charge on any atom is 0.254 e. The molecule has 1 aliphatic heterocycles. The fourth-order valence-corrected chi connectivity index (χ4v) is 2.46. The van der Waals surface area contributed by atoms with Gasteiger partial charge in [-0.05, 0) is 38.9 Å². The molecule has 110 valence electrons. The summed E-state index contributed by atoms with van der Waals surface area (Å²) in [4.78, 5) is 14.2. The van der Waals surface area contributed by atoms with E-state index >= 15 is 0 Å². The van der Waals surface area contributed by atoms with Crippen LogP contribution in [0.25, 0.3) is 0 Å². The molecule has 1 saturated heterocycles. The highest BCUT2D eigenvalue weighted by Gasteiger charge is 2.25. The number of carbonyl (C=O) groups excluding carboxylic acids is 1. The number of rotatable bonds is 2. The highest BCUT2D eigenvalue weighted by molar-refractivity contribution is 5.95. The fraction of sp³-hybridized carbons (Fsp3) is 0.500. The van der Waals surface area contributed by atoms with Crippen molar-refractivity contribution in [3.8, 4) is 0 Å². The van der Waals surface area contributed by atoms with E-state index in [2.05, 4.69) is 17.1 Å². The van der Waals surface area contributed by atoms with Crippen LogP contribution in [0, 0.1) is 11.6 Å². The van der Waals surface area contributed by atoms with Crippen molar-refractivity contribution in [1.29, 1.82) is 0 Å². The standard InChI is InChI=1S/C14H19F2N3O/c1-8-5-10(3-4-19(8)2)18-14(20)11-6-9(15)7-12(17)13(11)16/h6-8,10H,3-5,17H2,1-2H3,(H,18,20). The number of benzene rings is 1. The summed E-state index contributed by atoms with van der Waals surface area (Å²) < 4.78 is 27.0. The van der Waals surface area contributed by atoms with Gasteiger partial charge in [0.05, 0.1) is 11.3 Å². The van der Waals surface area contributed by atoms with Crippen molar-refractivity contribution in [3.63, 3.8) is 0 Å². The molecule has 0 aliphatic carbocycles. The number of halogens is 2. The molecule has 0 bridgehead atoms. The number of carbonyl (C=O) groups is 1. The minimum atomic E-state index is -0.870. The van der Waals surface area contributed by atoms with E-state index in [4.69, 9.17) is 5.73 Å². The Labute approximate surface area is 116 Å². The number of likely N-dealkylation sites (tertiary alicyclic amines) is 1. The molecule has 20 heavy (non-hydrogen) atoms. The van der Waals surface area contributed by atoms with Gasteiger partial charge in [0.2, 0.25) is 0 Å². The third-order valence-electron chi connectivity index (χ3n) is 3.85. The Hall–Kier alpha value is -1.69. The van der Waals surface area contributed by atoms with E-state index in [-0.39, 0.29) is 17.3 Å². The van der Waals surface area contributed by atoms with Crippen LogP contribution in [0.3, 0.4) is 0 Å². The lowest BCUT2D eigenvalue weighted by Crippen LogP contribution is -2.47. The maximum absolute atomic E-state index is 13.8. The van der Waals surface area contributed by atoms with Gasteiger partial charge in [-0.3, -0.25) is 4.79 Å². The van der Waals surface area contributed by atoms with Crippen LogP contribution in [0.2, 0.25) is 0 Å². The molecule has 3 N–H and O–H groups in total. The number of nitrogens with zero attached hydrogens (tertiary/aromatic N) is 1. The molecule has 2 unspecified atom stereocenters. The third-order valence-corrected chi connectivity index (χ3v) is 3.85. The zero-order valence-electron chi connectivity index (χ0n) is 11.6. The topological polar surface area (TPSA) is 58.4 Å². The largest absolute Gasteiger partial charge is 0.396 e. The summed E-state index contributed by atoms with van der Waals surface area (Å²) in [6, 6.07) is 2.05. The predicted molar refractivity (Wildman–Crippen MR) is 73.4 cm³/mol. The second-order valence-electron chi connectivity index (χ2n) is 5.38. The minimum Gasteiger partial charge on any atom is -0.396 e. The molecule has 0 saturated carbocycles. The van der Waals surface area contributed by atoms with Gasteiger partial charge < -0.3 is 16.0 Å². The van der Waals surface area contributed by atoms with E-state index in [1.807, 2.05) is 7.05 Å². The van der Waals surface area contributed by atoms with Crippen LogP contribution in [0.4, 0.5) is 14.5 Å². The first kappa shape index (κ1) is 14.7. The average Bonchev–Trinajstić information content (AvgIpc) is 2.38. The van der Waals surface area contributed by atoms with E-state index in [9.17, 15) is 13.6 Å². The van der Waals surface area contributed by atoms with Crippen molar-refractivity contribution >= 4 is 11.6 Å². The Morgan fingerprint density at radius 2 is 2.15 bits per heavy atom.